The number of hydrogen-bond donors (Lipinski definition) is 4. The van der Waals surface area contributed by atoms with Gasteiger partial charge in [-0.1, -0.05) is 0 Å². The fourth-order valence-corrected chi connectivity index (χ4v) is 2.63. The third-order valence-electron chi connectivity index (χ3n) is 3.67. The number of nitro benzene ring substituents is 1. The molecule has 1 fully saturated rings. The first-order valence-electron chi connectivity index (χ1n) is 6.80. The Balaban J connectivity index is 0.00000242. The second kappa shape index (κ2) is 8.14. The summed E-state index contributed by atoms with van der Waals surface area (Å²) in [6.45, 7) is 3.03. The van der Waals surface area contributed by atoms with Gasteiger partial charge in [0.1, 0.15) is 0 Å². The quantitative estimate of drug-likeness (QED) is 0.357. The first-order valence-corrected chi connectivity index (χ1v) is 6.80. The first kappa shape index (κ1) is 18.4. The Hall–Kier alpha value is -1.61. The minimum absolute atomic E-state index is 0. The van der Waals surface area contributed by atoms with Crippen LogP contribution in [-0.4, -0.2) is 57.9 Å². The summed E-state index contributed by atoms with van der Waals surface area (Å²) in [5.41, 5.74) is -0.00368. The first-order chi connectivity index (χ1) is 10.0. The number of aliphatic hydroxyl groups is 1. The Morgan fingerprint density at radius 1 is 1.32 bits per heavy atom. The minimum Gasteiger partial charge on any atom is -0.504 e. The summed E-state index contributed by atoms with van der Waals surface area (Å²) in [6, 6.07) is 2.35. The van der Waals surface area contributed by atoms with E-state index in [9.17, 15) is 25.4 Å². The molecule has 1 saturated heterocycles. The largest absolute Gasteiger partial charge is 0.504 e. The number of nitrogens with zero attached hydrogens (tertiary/aromatic N) is 2. The molecular weight excluding hydrogens is 314 g/mol. The molecule has 1 aliphatic rings. The molecule has 0 amide bonds. The fraction of sp³-hybridized carbons (Fsp3) is 0.538. The van der Waals surface area contributed by atoms with Crippen molar-refractivity contribution in [3.8, 4) is 11.5 Å². The Morgan fingerprint density at radius 3 is 2.50 bits per heavy atom. The number of phenolic OH excluding ortho intramolecular Hbond substituents is 2. The molecular formula is C13H20ClN3O5. The lowest BCUT2D eigenvalue weighted by molar-refractivity contribution is -0.386. The summed E-state index contributed by atoms with van der Waals surface area (Å²) in [7, 11) is 0. The van der Waals surface area contributed by atoms with Gasteiger partial charge in [-0.05, 0) is 18.1 Å². The summed E-state index contributed by atoms with van der Waals surface area (Å²) in [4.78, 5) is 12.3. The van der Waals surface area contributed by atoms with Crippen molar-refractivity contribution in [3.05, 3.63) is 27.8 Å². The molecule has 1 atom stereocenters. The molecule has 0 unspecified atom stereocenters. The number of rotatable bonds is 5. The maximum atomic E-state index is 10.9. The molecule has 2 rings (SSSR count). The van der Waals surface area contributed by atoms with Gasteiger partial charge >= 0.3 is 5.69 Å². The topological polar surface area (TPSA) is 119 Å². The SMILES string of the molecule is Cl.O=[N+]([O-])c1cc([C@@H](CCO)N2CCNCC2)cc(O)c1O. The predicted molar refractivity (Wildman–Crippen MR) is 82.6 cm³/mol. The maximum Gasteiger partial charge on any atom is 0.314 e. The molecule has 1 aromatic carbocycles. The number of halogens is 1. The molecule has 9 heteroatoms. The van der Waals surface area contributed by atoms with E-state index < -0.39 is 22.1 Å². The second-order valence-corrected chi connectivity index (χ2v) is 4.98. The van der Waals surface area contributed by atoms with Gasteiger partial charge < -0.3 is 20.6 Å². The average Bonchev–Trinajstić information content (AvgIpc) is 2.48. The van der Waals surface area contributed by atoms with Gasteiger partial charge in [0.15, 0.2) is 5.75 Å². The standard InChI is InChI=1S/C13H19N3O5.ClH/c17-6-1-10(15-4-2-14-3-5-15)9-7-11(16(20)21)13(19)12(18)8-9;/h7-8,10,14,17-19H,1-6H2;1H/t10-;/m1./s1. The van der Waals surface area contributed by atoms with Gasteiger partial charge in [0.25, 0.3) is 0 Å². The molecule has 0 aromatic heterocycles. The molecule has 124 valence electrons. The minimum atomic E-state index is -0.730. The lowest BCUT2D eigenvalue weighted by Crippen LogP contribution is -2.45. The zero-order chi connectivity index (χ0) is 15.4. The zero-order valence-corrected chi connectivity index (χ0v) is 12.8. The predicted octanol–water partition coefficient (Wildman–Crippen LogP) is 0.756. The van der Waals surface area contributed by atoms with Crippen molar-refractivity contribution >= 4 is 18.1 Å². The van der Waals surface area contributed by atoms with Crippen LogP contribution in [0.1, 0.15) is 18.0 Å². The maximum absolute atomic E-state index is 10.9. The summed E-state index contributed by atoms with van der Waals surface area (Å²) in [5, 5.41) is 42.6. The fourth-order valence-electron chi connectivity index (χ4n) is 2.63. The van der Waals surface area contributed by atoms with E-state index in [0.29, 0.717) is 12.0 Å². The van der Waals surface area contributed by atoms with Crippen molar-refractivity contribution in [2.45, 2.75) is 12.5 Å². The average molecular weight is 334 g/mol. The van der Waals surface area contributed by atoms with Gasteiger partial charge in [0, 0.05) is 44.9 Å². The van der Waals surface area contributed by atoms with Crippen molar-refractivity contribution in [1.29, 1.82) is 0 Å². The molecule has 0 spiro atoms. The van der Waals surface area contributed by atoms with Crippen LogP contribution in [0.4, 0.5) is 5.69 Å². The van der Waals surface area contributed by atoms with Gasteiger partial charge in [0.2, 0.25) is 5.75 Å². The molecule has 0 aliphatic carbocycles. The van der Waals surface area contributed by atoms with Crippen molar-refractivity contribution in [1.82, 2.24) is 10.2 Å². The highest BCUT2D eigenvalue weighted by molar-refractivity contribution is 5.85. The van der Waals surface area contributed by atoms with Crippen LogP contribution in [-0.2, 0) is 0 Å². The molecule has 1 aromatic rings. The van der Waals surface area contributed by atoms with Crippen LogP contribution in [0.15, 0.2) is 12.1 Å². The Bertz CT molecular complexity index is 523. The van der Waals surface area contributed by atoms with Gasteiger partial charge in [-0.3, -0.25) is 15.0 Å². The number of piperazine rings is 1. The number of nitro groups is 1. The van der Waals surface area contributed by atoms with E-state index in [4.69, 9.17) is 0 Å². The third kappa shape index (κ3) is 3.98. The number of benzene rings is 1. The molecule has 8 nitrogen and oxygen atoms in total. The van der Waals surface area contributed by atoms with Crippen LogP contribution < -0.4 is 5.32 Å². The zero-order valence-electron chi connectivity index (χ0n) is 11.9. The normalized spacial score (nSPS) is 16.8. The van der Waals surface area contributed by atoms with Crippen molar-refractivity contribution in [3.63, 3.8) is 0 Å². The molecule has 4 N–H and O–H groups in total. The lowest BCUT2D eigenvalue weighted by Gasteiger charge is -2.35. The number of aromatic hydroxyl groups is 2. The molecule has 22 heavy (non-hydrogen) atoms. The van der Waals surface area contributed by atoms with E-state index in [1.165, 1.54) is 12.1 Å². The summed E-state index contributed by atoms with van der Waals surface area (Å²) in [6.07, 6.45) is 0.404. The van der Waals surface area contributed by atoms with Gasteiger partial charge in [-0.2, -0.15) is 0 Å². The third-order valence-corrected chi connectivity index (χ3v) is 3.67. The van der Waals surface area contributed by atoms with E-state index in [2.05, 4.69) is 10.2 Å². The van der Waals surface area contributed by atoms with Crippen molar-refractivity contribution in [2.75, 3.05) is 32.8 Å². The van der Waals surface area contributed by atoms with Crippen molar-refractivity contribution in [2.24, 2.45) is 0 Å². The summed E-state index contributed by atoms with van der Waals surface area (Å²) in [5.74, 6) is -1.25. The highest BCUT2D eigenvalue weighted by Crippen LogP contribution is 2.39. The Labute approximate surface area is 133 Å². The van der Waals surface area contributed by atoms with E-state index in [-0.39, 0.29) is 25.1 Å². The molecule has 0 saturated carbocycles. The molecule has 0 bridgehead atoms. The smallest absolute Gasteiger partial charge is 0.314 e. The number of nitrogens with one attached hydrogen (secondary N) is 1. The number of hydrogen-bond acceptors (Lipinski definition) is 7. The second-order valence-electron chi connectivity index (χ2n) is 4.98. The lowest BCUT2D eigenvalue weighted by atomic mass is 10.00. The molecule has 0 radical (unpaired) electrons. The van der Waals surface area contributed by atoms with E-state index in [1.54, 1.807) is 0 Å². The highest BCUT2D eigenvalue weighted by Gasteiger charge is 2.26. The Morgan fingerprint density at radius 2 is 1.95 bits per heavy atom. The van der Waals surface area contributed by atoms with Gasteiger partial charge in [-0.15, -0.1) is 12.4 Å². The van der Waals surface area contributed by atoms with Crippen LogP contribution in [0.3, 0.4) is 0 Å². The van der Waals surface area contributed by atoms with Gasteiger partial charge in [-0.25, -0.2) is 0 Å². The number of aliphatic hydroxyl groups excluding tert-OH is 1. The molecule has 1 aliphatic heterocycles. The van der Waals surface area contributed by atoms with Crippen LogP contribution in [0.2, 0.25) is 0 Å². The van der Waals surface area contributed by atoms with Crippen LogP contribution in [0, 0.1) is 10.1 Å². The van der Waals surface area contributed by atoms with Crippen LogP contribution >= 0.6 is 12.4 Å². The highest BCUT2D eigenvalue weighted by atomic mass is 35.5. The molecule has 1 heterocycles. The van der Waals surface area contributed by atoms with Crippen molar-refractivity contribution < 1.29 is 20.2 Å². The Kier molecular flexibility index (Phi) is 6.82. The van der Waals surface area contributed by atoms with E-state index in [0.717, 1.165) is 26.2 Å². The monoisotopic (exact) mass is 333 g/mol. The van der Waals surface area contributed by atoms with E-state index in [1.807, 2.05) is 0 Å². The van der Waals surface area contributed by atoms with Crippen LogP contribution in [0.25, 0.3) is 0 Å². The summed E-state index contributed by atoms with van der Waals surface area (Å²) >= 11 is 0. The number of phenols is 2. The van der Waals surface area contributed by atoms with E-state index >= 15 is 0 Å². The van der Waals surface area contributed by atoms with Crippen LogP contribution in [0.5, 0.6) is 11.5 Å². The summed E-state index contributed by atoms with van der Waals surface area (Å²) < 4.78 is 0. The van der Waals surface area contributed by atoms with Gasteiger partial charge in [0.05, 0.1) is 4.92 Å².